The molecule has 1 aliphatic carbocycles. The molecule has 0 aromatic rings. The first-order chi connectivity index (χ1) is 6.88. The van der Waals surface area contributed by atoms with Crippen molar-refractivity contribution in [1.82, 2.24) is 4.90 Å². The Balaban J connectivity index is 2.22. The van der Waals surface area contributed by atoms with Gasteiger partial charge in [-0.3, -0.25) is 4.90 Å². The molecule has 0 spiro atoms. The van der Waals surface area contributed by atoms with E-state index in [0.717, 1.165) is 24.5 Å². The molecule has 84 valence electrons. The largest absolute Gasteiger partial charge is 0.395 e. The summed E-state index contributed by atoms with van der Waals surface area (Å²) in [7, 11) is 0. The average molecular weight is 264 g/mol. The quantitative estimate of drug-likeness (QED) is 0.564. The Kier molecular flexibility index (Phi) is 6.82. The Morgan fingerprint density at radius 2 is 1.86 bits per heavy atom. The van der Waals surface area contributed by atoms with Crippen LogP contribution in [0.3, 0.4) is 0 Å². The molecule has 14 heavy (non-hydrogen) atoms. The van der Waals surface area contributed by atoms with Gasteiger partial charge in [-0.1, -0.05) is 28.8 Å². The van der Waals surface area contributed by atoms with Gasteiger partial charge in [0.05, 0.1) is 6.61 Å². The third-order valence-corrected chi connectivity index (χ3v) is 3.62. The first kappa shape index (κ1) is 12.5. The molecule has 1 N–H and O–H groups in total. The summed E-state index contributed by atoms with van der Waals surface area (Å²) >= 11 is 3.45. The predicted molar refractivity (Wildman–Crippen MR) is 63.9 cm³/mol. The Morgan fingerprint density at radius 3 is 2.43 bits per heavy atom. The van der Waals surface area contributed by atoms with Crippen LogP contribution in [0.2, 0.25) is 0 Å². The fourth-order valence-corrected chi connectivity index (χ4v) is 2.68. The lowest BCUT2D eigenvalue weighted by Gasteiger charge is -2.27. The second kappa shape index (κ2) is 7.66. The molecule has 0 bridgehead atoms. The topological polar surface area (TPSA) is 23.5 Å². The summed E-state index contributed by atoms with van der Waals surface area (Å²) in [6.07, 6.45) is 7.94. The van der Waals surface area contributed by atoms with Gasteiger partial charge >= 0.3 is 0 Å². The second-order valence-corrected chi connectivity index (χ2v) is 4.89. The minimum atomic E-state index is 0.310. The second-order valence-electron chi connectivity index (χ2n) is 4.09. The van der Waals surface area contributed by atoms with E-state index in [1.165, 1.54) is 38.5 Å². The molecule has 1 fully saturated rings. The lowest BCUT2D eigenvalue weighted by molar-refractivity contribution is 0.150. The minimum absolute atomic E-state index is 0.310. The number of alkyl halides is 1. The standard InChI is InChI=1S/C11H22BrNO/c12-7-3-4-8-13(9-10-14)11-5-1-2-6-11/h11,14H,1-10H2. The highest BCUT2D eigenvalue weighted by atomic mass is 79.9. The molecule has 0 saturated heterocycles. The SMILES string of the molecule is OCCN(CCCCBr)C1CCCC1. The fourth-order valence-electron chi connectivity index (χ4n) is 2.28. The average Bonchev–Trinajstić information content (AvgIpc) is 2.70. The van der Waals surface area contributed by atoms with Crippen molar-refractivity contribution in [2.45, 2.75) is 44.6 Å². The normalized spacial score (nSPS) is 18.2. The summed E-state index contributed by atoms with van der Waals surface area (Å²) in [6, 6.07) is 0.762. The molecule has 0 atom stereocenters. The zero-order valence-corrected chi connectivity index (χ0v) is 10.5. The van der Waals surface area contributed by atoms with E-state index in [-0.39, 0.29) is 0 Å². The van der Waals surface area contributed by atoms with Gasteiger partial charge in [0.1, 0.15) is 0 Å². The Hall–Kier alpha value is 0.400. The van der Waals surface area contributed by atoms with Gasteiger partial charge in [-0.15, -0.1) is 0 Å². The summed E-state index contributed by atoms with van der Waals surface area (Å²) in [6.45, 7) is 2.34. The van der Waals surface area contributed by atoms with Gasteiger partial charge in [0, 0.05) is 17.9 Å². The highest BCUT2D eigenvalue weighted by molar-refractivity contribution is 9.09. The third-order valence-electron chi connectivity index (χ3n) is 3.06. The van der Waals surface area contributed by atoms with Crippen LogP contribution in [-0.4, -0.2) is 41.1 Å². The van der Waals surface area contributed by atoms with Crippen molar-refractivity contribution in [2.24, 2.45) is 0 Å². The van der Waals surface area contributed by atoms with Gasteiger partial charge in [0.15, 0.2) is 0 Å². The minimum Gasteiger partial charge on any atom is -0.395 e. The van der Waals surface area contributed by atoms with Gasteiger partial charge in [0.25, 0.3) is 0 Å². The van der Waals surface area contributed by atoms with Gasteiger partial charge in [-0.05, 0) is 32.2 Å². The molecule has 1 rings (SSSR count). The zero-order valence-electron chi connectivity index (χ0n) is 8.92. The Bertz CT molecular complexity index is 137. The summed E-state index contributed by atoms with van der Waals surface area (Å²) in [5, 5.41) is 10.1. The summed E-state index contributed by atoms with van der Waals surface area (Å²) in [4.78, 5) is 2.48. The first-order valence-electron chi connectivity index (χ1n) is 5.79. The van der Waals surface area contributed by atoms with Crippen LogP contribution in [-0.2, 0) is 0 Å². The monoisotopic (exact) mass is 263 g/mol. The maximum Gasteiger partial charge on any atom is 0.0558 e. The molecule has 0 amide bonds. The van der Waals surface area contributed by atoms with Crippen molar-refractivity contribution in [3.05, 3.63) is 0 Å². The highest BCUT2D eigenvalue weighted by Gasteiger charge is 2.21. The van der Waals surface area contributed by atoms with Crippen molar-refractivity contribution >= 4 is 15.9 Å². The molecule has 0 heterocycles. The van der Waals surface area contributed by atoms with Crippen LogP contribution in [0.4, 0.5) is 0 Å². The first-order valence-corrected chi connectivity index (χ1v) is 6.91. The summed E-state index contributed by atoms with van der Waals surface area (Å²) in [5.41, 5.74) is 0. The van der Waals surface area contributed by atoms with Crippen molar-refractivity contribution in [2.75, 3.05) is 25.0 Å². The van der Waals surface area contributed by atoms with Gasteiger partial charge in [-0.25, -0.2) is 0 Å². The molecule has 0 aliphatic heterocycles. The molecule has 3 heteroatoms. The molecular formula is C11H22BrNO. The number of halogens is 1. The van der Waals surface area contributed by atoms with E-state index in [9.17, 15) is 0 Å². The number of rotatable bonds is 7. The molecule has 0 unspecified atom stereocenters. The molecule has 0 aromatic heterocycles. The van der Waals surface area contributed by atoms with Crippen molar-refractivity contribution in [3.63, 3.8) is 0 Å². The maximum absolute atomic E-state index is 9.00. The van der Waals surface area contributed by atoms with Crippen molar-refractivity contribution in [3.8, 4) is 0 Å². The molecular weight excluding hydrogens is 242 g/mol. The lowest BCUT2D eigenvalue weighted by atomic mass is 10.2. The molecule has 2 nitrogen and oxygen atoms in total. The van der Waals surface area contributed by atoms with E-state index >= 15 is 0 Å². The highest BCUT2D eigenvalue weighted by Crippen LogP contribution is 2.23. The molecule has 1 saturated carbocycles. The number of hydrogen-bond acceptors (Lipinski definition) is 2. The fraction of sp³-hybridized carbons (Fsp3) is 1.00. The van der Waals surface area contributed by atoms with E-state index < -0.39 is 0 Å². The predicted octanol–water partition coefficient (Wildman–Crippen LogP) is 2.40. The number of aliphatic hydroxyl groups is 1. The van der Waals surface area contributed by atoms with Gasteiger partial charge in [-0.2, -0.15) is 0 Å². The molecule has 0 radical (unpaired) electrons. The van der Waals surface area contributed by atoms with E-state index in [1.54, 1.807) is 0 Å². The van der Waals surface area contributed by atoms with Crippen LogP contribution in [0.25, 0.3) is 0 Å². The maximum atomic E-state index is 9.00. The van der Waals surface area contributed by atoms with E-state index in [0.29, 0.717) is 6.61 Å². The third kappa shape index (κ3) is 4.28. The van der Waals surface area contributed by atoms with Gasteiger partial charge < -0.3 is 5.11 Å². The number of aliphatic hydroxyl groups excluding tert-OH is 1. The van der Waals surface area contributed by atoms with Crippen molar-refractivity contribution < 1.29 is 5.11 Å². The summed E-state index contributed by atoms with van der Waals surface area (Å²) in [5.74, 6) is 0. The number of nitrogens with zero attached hydrogens (tertiary/aromatic N) is 1. The van der Waals surface area contributed by atoms with Crippen LogP contribution < -0.4 is 0 Å². The van der Waals surface area contributed by atoms with Gasteiger partial charge in [0.2, 0.25) is 0 Å². The molecule has 0 aromatic carbocycles. The molecule has 1 aliphatic rings. The van der Waals surface area contributed by atoms with Crippen LogP contribution in [0.1, 0.15) is 38.5 Å². The Labute approximate surface area is 95.8 Å². The van der Waals surface area contributed by atoms with Crippen LogP contribution in [0.5, 0.6) is 0 Å². The zero-order chi connectivity index (χ0) is 10.2. The smallest absolute Gasteiger partial charge is 0.0558 e. The van der Waals surface area contributed by atoms with E-state index in [1.807, 2.05) is 0 Å². The Morgan fingerprint density at radius 1 is 1.14 bits per heavy atom. The van der Waals surface area contributed by atoms with Crippen LogP contribution >= 0.6 is 15.9 Å². The van der Waals surface area contributed by atoms with Crippen LogP contribution in [0, 0.1) is 0 Å². The number of hydrogen-bond donors (Lipinski definition) is 1. The number of unbranched alkanes of at least 4 members (excludes halogenated alkanes) is 1. The van der Waals surface area contributed by atoms with E-state index in [2.05, 4.69) is 20.8 Å². The summed E-state index contributed by atoms with van der Waals surface area (Å²) < 4.78 is 0. The van der Waals surface area contributed by atoms with Crippen molar-refractivity contribution in [1.29, 1.82) is 0 Å². The lowest BCUT2D eigenvalue weighted by Crippen LogP contribution is -2.36. The van der Waals surface area contributed by atoms with E-state index in [4.69, 9.17) is 5.11 Å². The van der Waals surface area contributed by atoms with Crippen LogP contribution in [0.15, 0.2) is 0 Å².